The Morgan fingerprint density at radius 3 is 2.80 bits per heavy atom. The number of carbonyl (C=O) groups is 2. The molecule has 0 radical (unpaired) electrons. The van der Waals surface area contributed by atoms with Crippen molar-refractivity contribution in [3.63, 3.8) is 0 Å². The smallest absolute Gasteiger partial charge is 0.237 e. The van der Waals surface area contributed by atoms with Gasteiger partial charge in [-0.3, -0.25) is 14.5 Å². The van der Waals surface area contributed by atoms with Crippen molar-refractivity contribution in [2.24, 2.45) is 0 Å². The molecule has 1 heterocycles. The molecule has 1 aliphatic heterocycles. The highest BCUT2D eigenvalue weighted by atomic mass is 35.5. The summed E-state index contributed by atoms with van der Waals surface area (Å²) in [5.41, 5.74) is 0.271. The van der Waals surface area contributed by atoms with Crippen LogP contribution in [0.25, 0.3) is 0 Å². The summed E-state index contributed by atoms with van der Waals surface area (Å²) in [4.78, 5) is 25.9. The first-order valence-corrected chi connectivity index (χ1v) is 8.29. The summed E-state index contributed by atoms with van der Waals surface area (Å²) in [6.45, 7) is 0.109. The molecule has 4 N–H and O–H groups in total. The lowest BCUT2D eigenvalue weighted by Gasteiger charge is -2.35. The molecule has 1 saturated heterocycles. The van der Waals surface area contributed by atoms with Gasteiger partial charge in [0.2, 0.25) is 11.8 Å². The first-order valence-electron chi connectivity index (χ1n) is 7.92. The van der Waals surface area contributed by atoms with E-state index >= 15 is 0 Å². The number of aliphatic hydroxyl groups is 2. The number of amides is 2. The number of aliphatic hydroxyl groups excluding tert-OH is 2. The van der Waals surface area contributed by atoms with E-state index in [0.717, 1.165) is 0 Å². The Balaban J connectivity index is 2.10. The number of benzene rings is 1. The van der Waals surface area contributed by atoms with Crippen molar-refractivity contribution in [2.75, 3.05) is 26.3 Å². The molecular weight excluding hydrogens is 353 g/mol. The monoisotopic (exact) mass is 373 g/mol. The van der Waals surface area contributed by atoms with Gasteiger partial charge in [0.15, 0.2) is 0 Å². The van der Waals surface area contributed by atoms with Crippen molar-refractivity contribution >= 4 is 23.4 Å². The van der Waals surface area contributed by atoms with Crippen molar-refractivity contribution < 1.29 is 24.2 Å². The summed E-state index contributed by atoms with van der Waals surface area (Å²) in [5.74, 6) is -1.29. The summed E-state index contributed by atoms with van der Waals surface area (Å²) < 4.78 is 14.0. The Morgan fingerprint density at radius 1 is 1.44 bits per heavy atom. The summed E-state index contributed by atoms with van der Waals surface area (Å²) in [6.07, 6.45) is -0.172. The Morgan fingerprint density at radius 2 is 2.16 bits per heavy atom. The van der Waals surface area contributed by atoms with Crippen molar-refractivity contribution in [3.05, 3.63) is 34.6 Å². The van der Waals surface area contributed by atoms with Crippen LogP contribution in [0.1, 0.15) is 12.0 Å². The third-order valence-electron chi connectivity index (χ3n) is 4.05. The van der Waals surface area contributed by atoms with Crippen LogP contribution in [0.3, 0.4) is 0 Å². The molecule has 1 aliphatic rings. The number of piperazine rings is 1. The maximum atomic E-state index is 14.0. The maximum Gasteiger partial charge on any atom is 0.237 e. The minimum Gasteiger partial charge on any atom is -0.394 e. The summed E-state index contributed by atoms with van der Waals surface area (Å²) in [5, 5.41) is 23.4. The van der Waals surface area contributed by atoms with Crippen molar-refractivity contribution in [1.82, 2.24) is 15.5 Å². The number of halogens is 2. The van der Waals surface area contributed by atoms with Crippen molar-refractivity contribution in [2.45, 2.75) is 25.0 Å². The molecule has 0 unspecified atom stereocenters. The third-order valence-corrected chi connectivity index (χ3v) is 4.40. The lowest BCUT2D eigenvalue weighted by Crippen LogP contribution is -2.56. The number of rotatable bonds is 7. The normalized spacial score (nSPS) is 18.3. The molecule has 1 fully saturated rings. The van der Waals surface area contributed by atoms with Gasteiger partial charge < -0.3 is 20.8 Å². The van der Waals surface area contributed by atoms with Crippen molar-refractivity contribution in [3.8, 4) is 0 Å². The van der Waals surface area contributed by atoms with Gasteiger partial charge in [-0.05, 0) is 12.1 Å². The zero-order chi connectivity index (χ0) is 18.4. The number of hydrogen-bond donors (Lipinski definition) is 4. The third kappa shape index (κ3) is 5.12. The van der Waals surface area contributed by atoms with E-state index in [1.54, 1.807) is 11.0 Å². The lowest BCUT2D eigenvalue weighted by molar-refractivity contribution is -0.134. The molecule has 0 spiro atoms. The fourth-order valence-corrected chi connectivity index (χ4v) is 2.89. The predicted octanol–water partition coefficient (Wildman–Crippen LogP) is -0.361. The molecular formula is C16H21ClFN3O4. The van der Waals surface area contributed by atoms with Gasteiger partial charge in [0.25, 0.3) is 0 Å². The second kappa shape index (κ2) is 9.10. The van der Waals surface area contributed by atoms with Gasteiger partial charge in [-0.15, -0.1) is 0 Å². The van der Waals surface area contributed by atoms with Gasteiger partial charge >= 0.3 is 0 Å². The van der Waals surface area contributed by atoms with Crippen LogP contribution >= 0.6 is 11.6 Å². The Bertz CT molecular complexity index is 607. The topological polar surface area (TPSA) is 102 Å². The van der Waals surface area contributed by atoms with E-state index in [2.05, 4.69) is 10.6 Å². The minimum atomic E-state index is -0.789. The molecule has 2 rings (SSSR count). The quantitative estimate of drug-likeness (QED) is 0.523. The van der Waals surface area contributed by atoms with Gasteiger partial charge in [-0.1, -0.05) is 17.7 Å². The number of hydrogen-bond acceptors (Lipinski definition) is 5. The molecule has 9 heteroatoms. The van der Waals surface area contributed by atoms with Gasteiger partial charge in [0, 0.05) is 30.2 Å². The summed E-state index contributed by atoms with van der Waals surface area (Å²) >= 11 is 6.04. The first-order chi connectivity index (χ1) is 12.0. The molecule has 0 aromatic heterocycles. The Kier molecular flexibility index (Phi) is 7.12. The van der Waals surface area contributed by atoms with Crippen LogP contribution < -0.4 is 10.6 Å². The van der Waals surface area contributed by atoms with E-state index in [0.29, 0.717) is 13.1 Å². The molecule has 138 valence electrons. The van der Waals surface area contributed by atoms with Crippen LogP contribution in [-0.4, -0.2) is 65.3 Å². The van der Waals surface area contributed by atoms with Crippen LogP contribution in [0, 0.1) is 5.82 Å². The lowest BCUT2D eigenvalue weighted by atomic mass is 10.1. The van der Waals surface area contributed by atoms with Crippen LogP contribution in [0.5, 0.6) is 0 Å². The summed E-state index contributed by atoms with van der Waals surface area (Å²) in [6, 6.07) is 2.79. The maximum absolute atomic E-state index is 14.0. The fraction of sp³-hybridized carbons (Fsp3) is 0.500. The van der Waals surface area contributed by atoms with Crippen molar-refractivity contribution in [1.29, 1.82) is 0 Å². The average molecular weight is 374 g/mol. The molecule has 1 aromatic rings. The summed E-state index contributed by atoms with van der Waals surface area (Å²) in [7, 11) is 0. The highest BCUT2D eigenvalue weighted by Crippen LogP contribution is 2.23. The molecule has 1 aromatic carbocycles. The Labute approximate surface area is 149 Å². The molecule has 7 nitrogen and oxygen atoms in total. The van der Waals surface area contributed by atoms with E-state index in [4.69, 9.17) is 21.8 Å². The number of carbonyl (C=O) groups excluding carboxylic acids is 2. The Hall–Kier alpha value is -1.74. The number of nitrogens with zero attached hydrogens (tertiary/aromatic N) is 1. The van der Waals surface area contributed by atoms with E-state index in [1.165, 1.54) is 12.1 Å². The molecule has 2 amide bonds. The predicted molar refractivity (Wildman–Crippen MR) is 89.3 cm³/mol. The standard InChI is InChI=1S/C16H21ClFN3O4/c17-12-2-1-3-13(18)11(12)7-21-5-4-19-16(25)14(21)6-15(24)20-10(8-22)9-23/h1-3,10,14,22-23H,4-9H2,(H,19,25)(H,20,24)/t14-/m1/s1. The van der Waals surface area contributed by atoms with E-state index in [-0.39, 0.29) is 29.5 Å². The van der Waals surface area contributed by atoms with Gasteiger partial charge in [-0.2, -0.15) is 0 Å². The zero-order valence-corrected chi connectivity index (χ0v) is 14.3. The highest BCUT2D eigenvalue weighted by molar-refractivity contribution is 6.31. The van der Waals surface area contributed by atoms with E-state index < -0.39 is 37.0 Å². The molecule has 0 saturated carbocycles. The first kappa shape index (κ1) is 19.6. The molecule has 0 aliphatic carbocycles. The second-order valence-corrected chi connectivity index (χ2v) is 6.22. The SMILES string of the molecule is O=C(C[C@@H]1C(=O)NCCN1Cc1c(F)cccc1Cl)NC(CO)CO. The zero-order valence-electron chi connectivity index (χ0n) is 13.5. The average Bonchev–Trinajstić information content (AvgIpc) is 2.59. The van der Waals surface area contributed by atoms with Crippen LogP contribution in [-0.2, 0) is 16.1 Å². The molecule has 0 bridgehead atoms. The second-order valence-electron chi connectivity index (χ2n) is 5.81. The van der Waals surface area contributed by atoms with Crippen LogP contribution in [0.15, 0.2) is 18.2 Å². The van der Waals surface area contributed by atoms with Crippen LogP contribution in [0.2, 0.25) is 5.02 Å². The minimum absolute atomic E-state index is 0.0975. The van der Waals surface area contributed by atoms with Crippen LogP contribution in [0.4, 0.5) is 4.39 Å². The van der Waals surface area contributed by atoms with E-state index in [1.807, 2.05) is 0 Å². The van der Waals surface area contributed by atoms with E-state index in [9.17, 15) is 14.0 Å². The molecule has 25 heavy (non-hydrogen) atoms. The molecule has 1 atom stereocenters. The largest absolute Gasteiger partial charge is 0.394 e. The highest BCUT2D eigenvalue weighted by Gasteiger charge is 2.32. The van der Waals surface area contributed by atoms with Gasteiger partial charge in [0.05, 0.1) is 31.7 Å². The number of nitrogens with one attached hydrogen (secondary N) is 2. The van der Waals surface area contributed by atoms with Gasteiger partial charge in [-0.25, -0.2) is 4.39 Å². The van der Waals surface area contributed by atoms with Gasteiger partial charge in [0.1, 0.15) is 5.82 Å². The fourth-order valence-electron chi connectivity index (χ4n) is 2.67.